The van der Waals surface area contributed by atoms with Gasteiger partial charge < -0.3 is 9.11 Å². The van der Waals surface area contributed by atoms with Crippen LogP contribution >= 0.6 is 25.3 Å². The second kappa shape index (κ2) is 11.4. The van der Waals surface area contributed by atoms with E-state index in [1.165, 1.54) is 0 Å². The Balaban J connectivity index is 0. The van der Waals surface area contributed by atoms with E-state index in [1.807, 2.05) is 0 Å². The van der Waals surface area contributed by atoms with E-state index in [0.29, 0.717) is 0 Å². The van der Waals surface area contributed by atoms with Crippen molar-refractivity contribution in [3.05, 3.63) is 0 Å². The van der Waals surface area contributed by atoms with Crippen molar-refractivity contribution < 1.29 is 85.1 Å². The van der Waals surface area contributed by atoms with Crippen molar-refractivity contribution in [1.82, 2.24) is 40.4 Å². The van der Waals surface area contributed by atoms with Crippen LogP contribution in [0.1, 0.15) is 0 Å². The van der Waals surface area contributed by atoms with Gasteiger partial charge in [-0.3, -0.25) is 0 Å². The summed E-state index contributed by atoms with van der Waals surface area (Å²) in [6.45, 7) is 0. The number of tetrazole rings is 2. The van der Waals surface area contributed by atoms with Crippen molar-refractivity contribution in [2.24, 2.45) is 0 Å². The summed E-state index contributed by atoms with van der Waals surface area (Å²) in [7, 11) is -8.70. The maximum Gasteiger partial charge on any atom is 1.00 e. The summed E-state index contributed by atoms with van der Waals surface area (Å²) in [6, 6.07) is 0. The predicted octanol–water partition coefficient (Wildman–Crippen LogP) is -9.06. The Kier molecular flexibility index (Phi) is 12.8. The minimum absolute atomic E-state index is 0. The monoisotopic (exact) mass is 436 g/mol. The summed E-state index contributed by atoms with van der Waals surface area (Å²) in [5.74, 6) is -1.59. The summed E-state index contributed by atoms with van der Waals surface area (Å²) >= 11 is 7.37. The molecule has 2 aromatic heterocycles. The van der Waals surface area contributed by atoms with Crippen LogP contribution in [0.3, 0.4) is 0 Å². The van der Waals surface area contributed by atoms with E-state index in [0.717, 1.165) is 9.36 Å². The van der Waals surface area contributed by atoms with E-state index in [4.69, 9.17) is 0 Å². The Bertz CT molecular complexity index is 764. The van der Waals surface area contributed by atoms with Gasteiger partial charge in [-0.2, -0.15) is 0 Å². The van der Waals surface area contributed by atoms with Crippen LogP contribution in [0.15, 0.2) is 10.3 Å². The van der Waals surface area contributed by atoms with Crippen LogP contribution in [0.2, 0.25) is 0 Å². The van der Waals surface area contributed by atoms with Crippen LogP contribution in [0.5, 0.6) is 0 Å². The second-order valence-corrected chi connectivity index (χ2v) is 6.88. The van der Waals surface area contributed by atoms with Gasteiger partial charge in [0.1, 0.15) is 32.0 Å². The molecule has 0 aliphatic rings. The number of nitrogens with zero attached hydrogens (tertiary/aromatic N) is 8. The van der Waals surface area contributed by atoms with Gasteiger partial charge in [0, 0.05) is 0 Å². The molecule has 0 fully saturated rings. The summed E-state index contributed by atoms with van der Waals surface area (Å²) in [4.78, 5) is 0. The van der Waals surface area contributed by atoms with Gasteiger partial charge in [0.25, 0.3) is 0 Å². The van der Waals surface area contributed by atoms with Crippen LogP contribution < -0.4 is 59.1 Å². The van der Waals surface area contributed by atoms with Crippen LogP contribution in [0, 0.1) is 0 Å². The van der Waals surface area contributed by atoms with E-state index in [1.54, 1.807) is 0 Å². The van der Waals surface area contributed by atoms with E-state index in [9.17, 15) is 25.9 Å². The minimum atomic E-state index is -4.35. The third-order valence-corrected chi connectivity index (χ3v) is 3.35. The molecule has 24 heavy (non-hydrogen) atoms. The van der Waals surface area contributed by atoms with E-state index in [2.05, 4.69) is 56.3 Å². The fraction of sp³-hybridized carbons (Fsp3) is 0.500. The average Bonchev–Trinajstić information content (AvgIpc) is 2.87. The van der Waals surface area contributed by atoms with Gasteiger partial charge in [-0.05, 0) is 20.9 Å². The van der Waals surface area contributed by atoms with Crippen LogP contribution in [0.4, 0.5) is 0 Å². The molecule has 2 aromatic rings. The molecule has 0 unspecified atom stereocenters. The molecular formula is C4H6N8Na2O6S4. The molecule has 0 saturated heterocycles. The van der Waals surface area contributed by atoms with Crippen molar-refractivity contribution in [2.75, 3.05) is 0 Å². The van der Waals surface area contributed by atoms with Gasteiger partial charge in [-0.1, -0.05) is 0 Å². The zero-order valence-electron chi connectivity index (χ0n) is 12.2. The topological polar surface area (TPSA) is 202 Å². The van der Waals surface area contributed by atoms with E-state index >= 15 is 0 Å². The maximum atomic E-state index is 10.1. The standard InChI is InChI=1S/2C2H4N4O3S2.2Na/c2*7-11(8,9)1-6-2(10)3-4-5-6;;/h2*1H2,(H,3,5,10)(H,7,8,9);;/q;;2*+1/p-2. The number of aromatic nitrogens is 8. The second-order valence-electron chi connectivity index (χ2n) is 3.33. The third kappa shape index (κ3) is 11.3. The molecule has 14 nitrogen and oxygen atoms in total. The number of rotatable bonds is 4. The molecule has 0 spiro atoms. The fourth-order valence-corrected chi connectivity index (χ4v) is 2.31. The zero-order chi connectivity index (χ0) is 17.0. The average molecular weight is 436 g/mol. The molecule has 20 heteroatoms. The summed E-state index contributed by atoms with van der Waals surface area (Å²) in [5, 5.41) is 19.1. The third-order valence-electron chi connectivity index (χ3n) is 1.59. The van der Waals surface area contributed by atoms with Crippen LogP contribution in [0.25, 0.3) is 0 Å². The summed E-state index contributed by atoms with van der Waals surface area (Å²) in [6.07, 6.45) is 0. The molecule has 0 atom stereocenters. The SMILES string of the molecule is O=S(=O)([O-])Cn1nnnc1S.O=S(=O)([O-])Cn1nnnc1S.[Na+].[Na+]. The van der Waals surface area contributed by atoms with Crippen molar-refractivity contribution in [1.29, 1.82) is 0 Å². The summed E-state index contributed by atoms with van der Waals surface area (Å²) < 4.78 is 62.4. The van der Waals surface area contributed by atoms with Gasteiger partial charge in [-0.15, -0.1) is 35.5 Å². The van der Waals surface area contributed by atoms with Crippen LogP contribution in [-0.4, -0.2) is 66.4 Å². The largest absolute Gasteiger partial charge is 1.00 e. The molecule has 0 aromatic carbocycles. The molecule has 2 rings (SSSR count). The molecular weight excluding hydrogens is 430 g/mol. The first-order valence-corrected chi connectivity index (χ1v) is 8.80. The van der Waals surface area contributed by atoms with Crippen molar-refractivity contribution in [2.45, 2.75) is 22.1 Å². The number of hydrogen-bond donors (Lipinski definition) is 2. The molecule has 0 aliphatic heterocycles. The molecule has 0 N–H and O–H groups in total. The van der Waals surface area contributed by atoms with Crippen molar-refractivity contribution >= 4 is 45.5 Å². The Hall–Kier alpha value is 0.660. The van der Waals surface area contributed by atoms with Gasteiger partial charge in [0.05, 0.1) is 0 Å². The minimum Gasteiger partial charge on any atom is -0.747 e. The molecule has 0 radical (unpaired) electrons. The van der Waals surface area contributed by atoms with Crippen molar-refractivity contribution in [3.8, 4) is 0 Å². The van der Waals surface area contributed by atoms with Gasteiger partial charge in [0.2, 0.25) is 10.3 Å². The first-order chi connectivity index (χ1) is 9.98. The molecule has 0 bridgehead atoms. The van der Waals surface area contributed by atoms with Gasteiger partial charge in [-0.25, -0.2) is 26.2 Å². The normalized spacial score (nSPS) is 10.8. The van der Waals surface area contributed by atoms with Gasteiger partial charge >= 0.3 is 59.1 Å². The quantitative estimate of drug-likeness (QED) is 0.261. The van der Waals surface area contributed by atoms with E-state index < -0.39 is 32.0 Å². The Labute approximate surface area is 191 Å². The molecule has 0 saturated carbocycles. The Morgan fingerprint density at radius 1 is 0.792 bits per heavy atom. The fourth-order valence-electron chi connectivity index (χ4n) is 0.866. The predicted molar refractivity (Wildman–Crippen MR) is 69.5 cm³/mol. The molecule has 124 valence electrons. The first kappa shape index (κ1) is 26.9. The Morgan fingerprint density at radius 2 is 1.08 bits per heavy atom. The maximum absolute atomic E-state index is 10.1. The van der Waals surface area contributed by atoms with Crippen molar-refractivity contribution in [3.63, 3.8) is 0 Å². The van der Waals surface area contributed by atoms with Crippen LogP contribution in [-0.2, 0) is 32.0 Å². The van der Waals surface area contributed by atoms with E-state index in [-0.39, 0.29) is 69.4 Å². The number of thiol groups is 2. The zero-order valence-corrected chi connectivity index (χ0v) is 19.6. The Morgan fingerprint density at radius 3 is 1.25 bits per heavy atom. The smallest absolute Gasteiger partial charge is 0.747 e. The molecule has 0 amide bonds. The molecule has 0 aliphatic carbocycles. The van der Waals surface area contributed by atoms with Gasteiger partial charge in [0.15, 0.2) is 0 Å². The molecule has 2 heterocycles. The number of hydrogen-bond acceptors (Lipinski definition) is 14. The summed E-state index contributed by atoms with van der Waals surface area (Å²) in [5.41, 5.74) is 0. The first-order valence-electron chi connectivity index (χ1n) is 4.75.